The quantitative estimate of drug-likeness (QED) is 0.869. The Hall–Kier alpha value is -1.27. The lowest BCUT2D eigenvalue weighted by Crippen LogP contribution is -2.25. The van der Waals surface area contributed by atoms with Crippen LogP contribution in [0.4, 0.5) is 0 Å². The monoisotopic (exact) mass is 265 g/mol. The Morgan fingerprint density at radius 1 is 1.39 bits per heavy atom. The van der Waals surface area contributed by atoms with Crippen molar-refractivity contribution in [3.05, 3.63) is 28.0 Å². The van der Waals surface area contributed by atoms with Gasteiger partial charge in [-0.25, -0.2) is 9.67 Å². The largest absolute Gasteiger partial charge is 0.304 e. The summed E-state index contributed by atoms with van der Waals surface area (Å²) in [6.45, 7) is 8.07. The van der Waals surface area contributed by atoms with Crippen LogP contribution >= 0.6 is 11.3 Å². The second-order valence-corrected chi connectivity index (χ2v) is 5.41. The van der Waals surface area contributed by atoms with Crippen molar-refractivity contribution in [3.63, 3.8) is 0 Å². The molecule has 0 aliphatic carbocycles. The Kier molecular flexibility index (Phi) is 4.43. The Morgan fingerprint density at radius 2 is 2.22 bits per heavy atom. The molecule has 0 radical (unpaired) electrons. The molecule has 0 bridgehead atoms. The fourth-order valence-electron chi connectivity index (χ4n) is 1.89. The van der Waals surface area contributed by atoms with E-state index in [0.29, 0.717) is 0 Å². The average molecular weight is 265 g/mol. The van der Waals surface area contributed by atoms with Crippen LogP contribution in [0.15, 0.2) is 12.4 Å². The zero-order valence-corrected chi connectivity index (χ0v) is 11.9. The van der Waals surface area contributed by atoms with Gasteiger partial charge in [0.05, 0.1) is 22.9 Å². The molecule has 6 heteroatoms. The first kappa shape index (κ1) is 13.2. The highest BCUT2D eigenvalue weighted by atomic mass is 32.1. The lowest BCUT2D eigenvalue weighted by Gasteiger charge is -2.17. The number of thiazole rings is 1. The number of nitrogens with zero attached hydrogens (tertiary/aromatic N) is 4. The smallest absolute Gasteiger partial charge is 0.0897 e. The van der Waals surface area contributed by atoms with Crippen molar-refractivity contribution in [2.24, 2.45) is 0 Å². The Balaban J connectivity index is 2.30. The summed E-state index contributed by atoms with van der Waals surface area (Å²) >= 11 is 1.72. The summed E-state index contributed by atoms with van der Waals surface area (Å²) in [5.74, 6) is 0. The predicted molar refractivity (Wildman–Crippen MR) is 72.7 cm³/mol. The van der Waals surface area contributed by atoms with Crippen molar-refractivity contribution in [1.82, 2.24) is 25.3 Å². The molecule has 0 saturated heterocycles. The highest BCUT2D eigenvalue weighted by Crippen LogP contribution is 2.26. The standard InChI is InChI=1S/C12H19N5S/c1-4-6-13-12(11-8-14-9(3)18-11)10-7-15-16-17(10)5-2/h7-8,12-13H,4-6H2,1-3H3. The van der Waals surface area contributed by atoms with E-state index in [1.54, 1.807) is 11.3 Å². The van der Waals surface area contributed by atoms with Crippen molar-refractivity contribution in [3.8, 4) is 0 Å². The van der Waals surface area contributed by atoms with Gasteiger partial charge in [-0.05, 0) is 26.8 Å². The molecule has 0 aliphatic rings. The molecular formula is C12H19N5S. The molecule has 2 rings (SSSR count). The minimum absolute atomic E-state index is 0.145. The molecule has 98 valence electrons. The summed E-state index contributed by atoms with van der Waals surface area (Å²) in [4.78, 5) is 5.56. The molecular weight excluding hydrogens is 246 g/mol. The minimum atomic E-state index is 0.145. The summed E-state index contributed by atoms with van der Waals surface area (Å²) in [6, 6.07) is 0.145. The first-order valence-electron chi connectivity index (χ1n) is 6.30. The maximum atomic E-state index is 4.34. The molecule has 0 spiro atoms. The highest BCUT2D eigenvalue weighted by molar-refractivity contribution is 7.11. The van der Waals surface area contributed by atoms with Crippen LogP contribution in [0.25, 0.3) is 0 Å². The number of hydrogen-bond donors (Lipinski definition) is 1. The molecule has 0 amide bonds. The second kappa shape index (κ2) is 6.06. The van der Waals surface area contributed by atoms with Crippen molar-refractivity contribution in [1.29, 1.82) is 0 Å². The predicted octanol–water partition coefficient (Wildman–Crippen LogP) is 2.15. The molecule has 1 unspecified atom stereocenters. The van der Waals surface area contributed by atoms with Gasteiger partial charge in [-0.15, -0.1) is 16.4 Å². The lowest BCUT2D eigenvalue weighted by molar-refractivity contribution is 0.528. The number of hydrogen-bond acceptors (Lipinski definition) is 5. The maximum Gasteiger partial charge on any atom is 0.0897 e. The van der Waals surface area contributed by atoms with Gasteiger partial charge in [0.1, 0.15) is 0 Å². The van der Waals surface area contributed by atoms with E-state index in [9.17, 15) is 0 Å². The van der Waals surface area contributed by atoms with Crippen LogP contribution in [0.1, 0.15) is 41.9 Å². The number of aromatic nitrogens is 4. The highest BCUT2D eigenvalue weighted by Gasteiger charge is 2.20. The number of aryl methyl sites for hydroxylation is 2. The Bertz CT molecular complexity index is 490. The summed E-state index contributed by atoms with van der Waals surface area (Å²) in [6.07, 6.45) is 4.88. The van der Waals surface area contributed by atoms with Crippen molar-refractivity contribution in [2.45, 2.75) is 39.8 Å². The van der Waals surface area contributed by atoms with Crippen LogP contribution in [-0.2, 0) is 6.54 Å². The SMILES string of the molecule is CCCNC(c1cnc(C)s1)c1cnnn1CC. The summed E-state index contributed by atoms with van der Waals surface area (Å²) in [5, 5.41) is 12.8. The van der Waals surface area contributed by atoms with Gasteiger partial charge in [-0.3, -0.25) is 0 Å². The van der Waals surface area contributed by atoms with E-state index in [0.717, 1.165) is 30.2 Å². The Morgan fingerprint density at radius 3 is 2.83 bits per heavy atom. The molecule has 5 nitrogen and oxygen atoms in total. The van der Waals surface area contributed by atoms with Crippen molar-refractivity contribution in [2.75, 3.05) is 6.54 Å². The minimum Gasteiger partial charge on any atom is -0.304 e. The van der Waals surface area contributed by atoms with Crippen LogP contribution in [0.2, 0.25) is 0 Å². The van der Waals surface area contributed by atoms with Gasteiger partial charge >= 0.3 is 0 Å². The number of nitrogens with one attached hydrogen (secondary N) is 1. The molecule has 0 saturated carbocycles. The second-order valence-electron chi connectivity index (χ2n) is 4.14. The first-order chi connectivity index (χ1) is 8.76. The first-order valence-corrected chi connectivity index (χ1v) is 7.12. The number of rotatable bonds is 6. The van der Waals surface area contributed by atoms with E-state index in [1.807, 2.05) is 24.0 Å². The van der Waals surface area contributed by atoms with Gasteiger partial charge in [0, 0.05) is 17.6 Å². The fraction of sp³-hybridized carbons (Fsp3) is 0.583. The molecule has 2 aromatic heterocycles. The normalized spacial score (nSPS) is 12.8. The third-order valence-electron chi connectivity index (χ3n) is 2.77. The topological polar surface area (TPSA) is 55.6 Å². The van der Waals surface area contributed by atoms with Crippen molar-refractivity contribution >= 4 is 11.3 Å². The van der Waals surface area contributed by atoms with E-state index in [4.69, 9.17) is 0 Å². The summed E-state index contributed by atoms with van der Waals surface area (Å²) in [5.41, 5.74) is 1.11. The van der Waals surface area contributed by atoms with E-state index in [1.165, 1.54) is 4.88 Å². The van der Waals surface area contributed by atoms with E-state index >= 15 is 0 Å². The maximum absolute atomic E-state index is 4.34. The van der Waals surface area contributed by atoms with Gasteiger partial charge in [0.15, 0.2) is 0 Å². The molecule has 0 aromatic carbocycles. The van der Waals surface area contributed by atoms with E-state index in [-0.39, 0.29) is 6.04 Å². The third kappa shape index (κ3) is 2.76. The van der Waals surface area contributed by atoms with Crippen LogP contribution in [0.5, 0.6) is 0 Å². The van der Waals surface area contributed by atoms with E-state index < -0.39 is 0 Å². The lowest BCUT2D eigenvalue weighted by atomic mass is 10.2. The van der Waals surface area contributed by atoms with Crippen LogP contribution in [0.3, 0.4) is 0 Å². The van der Waals surface area contributed by atoms with Gasteiger partial charge < -0.3 is 5.32 Å². The van der Waals surface area contributed by atoms with Crippen LogP contribution < -0.4 is 5.32 Å². The Labute approximate surface area is 111 Å². The molecule has 18 heavy (non-hydrogen) atoms. The zero-order valence-electron chi connectivity index (χ0n) is 11.1. The van der Waals surface area contributed by atoms with E-state index in [2.05, 4.69) is 34.5 Å². The van der Waals surface area contributed by atoms with Crippen LogP contribution in [-0.4, -0.2) is 26.5 Å². The molecule has 1 N–H and O–H groups in total. The van der Waals surface area contributed by atoms with Gasteiger partial charge in [0.2, 0.25) is 0 Å². The summed E-state index contributed by atoms with van der Waals surface area (Å²) < 4.78 is 1.93. The fourth-order valence-corrected chi connectivity index (χ4v) is 2.76. The molecule has 0 fully saturated rings. The van der Waals surface area contributed by atoms with Gasteiger partial charge in [-0.2, -0.15) is 0 Å². The molecule has 0 aliphatic heterocycles. The molecule has 1 atom stereocenters. The molecule has 2 heterocycles. The zero-order chi connectivity index (χ0) is 13.0. The van der Waals surface area contributed by atoms with Gasteiger partial charge in [-0.1, -0.05) is 12.1 Å². The third-order valence-corrected chi connectivity index (χ3v) is 3.74. The summed E-state index contributed by atoms with van der Waals surface area (Å²) in [7, 11) is 0. The molecule has 2 aromatic rings. The average Bonchev–Trinajstić information content (AvgIpc) is 2.99. The van der Waals surface area contributed by atoms with Crippen molar-refractivity contribution < 1.29 is 0 Å². The van der Waals surface area contributed by atoms with Gasteiger partial charge in [0.25, 0.3) is 0 Å². The van der Waals surface area contributed by atoms with Crippen LogP contribution in [0, 0.1) is 6.92 Å².